The lowest BCUT2D eigenvalue weighted by Crippen LogP contribution is -2.45. The maximum Gasteiger partial charge on any atom is 0.223 e. The van der Waals surface area contributed by atoms with Crippen LogP contribution in [-0.2, 0) is 4.79 Å². The monoisotopic (exact) mass is 268 g/mol. The number of amides is 1. The molecule has 2 rings (SSSR count). The van der Waals surface area contributed by atoms with Gasteiger partial charge >= 0.3 is 0 Å². The van der Waals surface area contributed by atoms with Gasteiger partial charge in [-0.25, -0.2) is 0 Å². The Morgan fingerprint density at radius 2 is 1.79 bits per heavy atom. The number of aliphatic hydroxyl groups excluding tert-OH is 1. The molecular weight excluding hydrogens is 240 g/mol. The molecule has 4 nitrogen and oxygen atoms in total. The van der Waals surface area contributed by atoms with Gasteiger partial charge < -0.3 is 10.4 Å². The maximum atomic E-state index is 12.2. The summed E-state index contributed by atoms with van der Waals surface area (Å²) in [6.45, 7) is 8.70. The predicted molar refractivity (Wildman–Crippen MR) is 75.8 cm³/mol. The highest BCUT2D eigenvalue weighted by Gasteiger charge is 2.32. The molecule has 1 saturated heterocycles. The van der Waals surface area contributed by atoms with Crippen LogP contribution in [0.2, 0.25) is 0 Å². The summed E-state index contributed by atoms with van der Waals surface area (Å²) in [7, 11) is 0. The van der Waals surface area contributed by atoms with Crippen molar-refractivity contribution < 1.29 is 9.90 Å². The van der Waals surface area contributed by atoms with E-state index >= 15 is 0 Å². The number of carbonyl (C=O) groups excluding carboxylic acids is 1. The molecule has 0 bridgehead atoms. The Balaban J connectivity index is 1.78. The van der Waals surface area contributed by atoms with E-state index in [2.05, 4.69) is 31.0 Å². The van der Waals surface area contributed by atoms with Crippen molar-refractivity contribution in [3.05, 3.63) is 0 Å². The fourth-order valence-electron chi connectivity index (χ4n) is 3.14. The van der Waals surface area contributed by atoms with Gasteiger partial charge in [-0.2, -0.15) is 0 Å². The first-order valence-electron chi connectivity index (χ1n) is 7.60. The zero-order valence-corrected chi connectivity index (χ0v) is 12.5. The molecule has 1 aliphatic heterocycles. The summed E-state index contributed by atoms with van der Waals surface area (Å²) in [5.74, 6) is 0.319. The van der Waals surface area contributed by atoms with Gasteiger partial charge in [0.05, 0.1) is 6.10 Å². The third kappa shape index (κ3) is 3.93. The van der Waals surface area contributed by atoms with Crippen LogP contribution >= 0.6 is 0 Å². The van der Waals surface area contributed by atoms with Crippen LogP contribution in [0.5, 0.6) is 0 Å². The summed E-state index contributed by atoms with van der Waals surface area (Å²) in [6.07, 6.45) is 4.09. The Kier molecular flexibility index (Phi) is 4.51. The highest BCUT2D eigenvalue weighted by Crippen LogP contribution is 2.25. The van der Waals surface area contributed by atoms with Crippen LogP contribution in [0.3, 0.4) is 0 Å². The van der Waals surface area contributed by atoms with Gasteiger partial charge in [0.1, 0.15) is 0 Å². The van der Waals surface area contributed by atoms with Gasteiger partial charge in [0.25, 0.3) is 0 Å². The van der Waals surface area contributed by atoms with Crippen molar-refractivity contribution in [2.75, 3.05) is 13.1 Å². The van der Waals surface area contributed by atoms with Crippen LogP contribution in [0.1, 0.15) is 52.9 Å². The summed E-state index contributed by atoms with van der Waals surface area (Å²) in [6, 6.07) is 0.304. The minimum atomic E-state index is -0.188. The van der Waals surface area contributed by atoms with E-state index in [0.717, 1.165) is 45.2 Å². The molecule has 4 heteroatoms. The van der Waals surface area contributed by atoms with Crippen LogP contribution in [0.15, 0.2) is 0 Å². The van der Waals surface area contributed by atoms with E-state index < -0.39 is 0 Å². The summed E-state index contributed by atoms with van der Waals surface area (Å²) < 4.78 is 0. The summed E-state index contributed by atoms with van der Waals surface area (Å²) in [5.41, 5.74) is 0.189. The van der Waals surface area contributed by atoms with E-state index in [1.165, 1.54) is 0 Å². The molecule has 0 unspecified atom stereocenters. The molecule has 110 valence electrons. The fourth-order valence-corrected chi connectivity index (χ4v) is 3.14. The summed E-state index contributed by atoms with van der Waals surface area (Å²) in [4.78, 5) is 14.6. The smallest absolute Gasteiger partial charge is 0.223 e. The molecule has 19 heavy (non-hydrogen) atoms. The Morgan fingerprint density at radius 1 is 1.16 bits per heavy atom. The number of hydrogen-bond acceptors (Lipinski definition) is 3. The number of carbonyl (C=O) groups is 1. The number of hydrogen-bond donors (Lipinski definition) is 2. The van der Waals surface area contributed by atoms with Gasteiger partial charge in [-0.1, -0.05) is 0 Å². The van der Waals surface area contributed by atoms with Crippen molar-refractivity contribution in [2.24, 2.45) is 5.92 Å². The van der Waals surface area contributed by atoms with Crippen molar-refractivity contribution in [1.82, 2.24) is 10.2 Å². The highest BCUT2D eigenvalue weighted by atomic mass is 16.3. The summed E-state index contributed by atoms with van der Waals surface area (Å²) >= 11 is 0. The SMILES string of the molecule is CC(C)(C)N1CC[C@@H](NC(=O)C2CCC(O)CC2)C1. The lowest BCUT2D eigenvalue weighted by Gasteiger charge is -2.32. The van der Waals surface area contributed by atoms with Crippen molar-refractivity contribution in [3.63, 3.8) is 0 Å². The van der Waals surface area contributed by atoms with Gasteiger partial charge in [-0.05, 0) is 52.9 Å². The summed E-state index contributed by atoms with van der Waals surface area (Å²) in [5, 5.41) is 12.7. The molecule has 1 amide bonds. The predicted octanol–water partition coefficient (Wildman–Crippen LogP) is 1.53. The number of nitrogens with one attached hydrogen (secondary N) is 1. The quantitative estimate of drug-likeness (QED) is 0.798. The second-order valence-corrected chi connectivity index (χ2v) is 7.12. The Hall–Kier alpha value is -0.610. The molecule has 0 aromatic carbocycles. The zero-order valence-electron chi connectivity index (χ0n) is 12.5. The highest BCUT2D eigenvalue weighted by molar-refractivity contribution is 5.79. The Bertz CT molecular complexity index is 317. The molecule has 1 aliphatic carbocycles. The van der Waals surface area contributed by atoms with Crippen molar-refractivity contribution >= 4 is 5.91 Å². The van der Waals surface area contributed by atoms with Gasteiger partial charge in [0, 0.05) is 30.6 Å². The first-order chi connectivity index (χ1) is 8.86. The molecule has 0 spiro atoms. The Morgan fingerprint density at radius 3 is 2.32 bits per heavy atom. The van der Waals surface area contributed by atoms with E-state index in [1.807, 2.05) is 0 Å². The molecule has 2 aliphatic rings. The van der Waals surface area contributed by atoms with E-state index in [9.17, 15) is 9.90 Å². The second-order valence-electron chi connectivity index (χ2n) is 7.12. The molecular formula is C15H28N2O2. The van der Waals surface area contributed by atoms with Crippen molar-refractivity contribution in [3.8, 4) is 0 Å². The normalized spacial score (nSPS) is 33.4. The molecule has 0 aromatic rings. The molecule has 0 aromatic heterocycles. The molecule has 2 fully saturated rings. The van der Waals surface area contributed by atoms with Crippen molar-refractivity contribution in [1.29, 1.82) is 0 Å². The first kappa shape index (κ1) is 14.8. The lowest BCUT2D eigenvalue weighted by atomic mass is 9.87. The molecule has 0 radical (unpaired) electrons. The topological polar surface area (TPSA) is 52.6 Å². The maximum absolute atomic E-state index is 12.2. The molecule has 1 atom stereocenters. The Labute approximate surface area is 116 Å². The number of aliphatic hydroxyl groups is 1. The average Bonchev–Trinajstić information content (AvgIpc) is 2.78. The number of likely N-dealkylation sites (tertiary alicyclic amines) is 1. The standard InChI is InChI=1S/C15H28N2O2/c1-15(2,3)17-9-8-12(10-17)16-14(19)11-4-6-13(18)7-5-11/h11-13,18H,4-10H2,1-3H3,(H,16,19)/t11?,12-,13?/m1/s1. The van der Waals surface area contributed by atoms with Crippen LogP contribution in [0.4, 0.5) is 0 Å². The van der Waals surface area contributed by atoms with Gasteiger partial charge in [0.15, 0.2) is 0 Å². The average molecular weight is 268 g/mol. The second kappa shape index (κ2) is 5.80. The molecule has 1 saturated carbocycles. The number of rotatable bonds is 2. The minimum Gasteiger partial charge on any atom is -0.393 e. The van der Waals surface area contributed by atoms with E-state index in [4.69, 9.17) is 0 Å². The van der Waals surface area contributed by atoms with Crippen LogP contribution < -0.4 is 5.32 Å². The van der Waals surface area contributed by atoms with Gasteiger partial charge in [-0.15, -0.1) is 0 Å². The van der Waals surface area contributed by atoms with Crippen LogP contribution in [0.25, 0.3) is 0 Å². The fraction of sp³-hybridized carbons (Fsp3) is 0.933. The minimum absolute atomic E-state index is 0.118. The first-order valence-corrected chi connectivity index (χ1v) is 7.60. The van der Waals surface area contributed by atoms with E-state index in [1.54, 1.807) is 0 Å². The number of nitrogens with zero attached hydrogens (tertiary/aromatic N) is 1. The molecule has 1 heterocycles. The van der Waals surface area contributed by atoms with Gasteiger partial charge in [-0.3, -0.25) is 9.69 Å². The lowest BCUT2D eigenvalue weighted by molar-refractivity contribution is -0.127. The van der Waals surface area contributed by atoms with Crippen LogP contribution in [-0.4, -0.2) is 46.7 Å². The largest absolute Gasteiger partial charge is 0.393 e. The molecule has 2 N–H and O–H groups in total. The van der Waals surface area contributed by atoms with Crippen molar-refractivity contribution in [2.45, 2.75) is 70.6 Å². The van der Waals surface area contributed by atoms with E-state index in [-0.39, 0.29) is 23.5 Å². The zero-order chi connectivity index (χ0) is 14.0. The van der Waals surface area contributed by atoms with Crippen LogP contribution in [0, 0.1) is 5.92 Å². The third-order valence-corrected chi connectivity index (χ3v) is 4.55. The third-order valence-electron chi connectivity index (χ3n) is 4.55. The van der Waals surface area contributed by atoms with Gasteiger partial charge in [0.2, 0.25) is 5.91 Å². The van der Waals surface area contributed by atoms with E-state index in [0.29, 0.717) is 6.04 Å².